The SMILES string of the molecule is COc1cccc(CN(C(=O)Cc2ccc(Cl)cc2)[C@H](C)C(=O)NC2CCCCC2)c1. The molecule has 0 saturated heterocycles. The first kappa shape index (κ1) is 23.1. The van der Waals surface area contributed by atoms with Gasteiger partial charge in [-0.15, -0.1) is 0 Å². The van der Waals surface area contributed by atoms with Gasteiger partial charge in [-0.25, -0.2) is 0 Å². The molecule has 6 heteroatoms. The highest BCUT2D eigenvalue weighted by Gasteiger charge is 2.28. The zero-order chi connectivity index (χ0) is 22.2. The number of nitrogens with one attached hydrogen (secondary N) is 1. The molecule has 0 radical (unpaired) electrons. The second-order valence-corrected chi connectivity index (χ2v) is 8.63. The molecule has 166 valence electrons. The Kier molecular flexibility index (Phi) is 8.35. The van der Waals surface area contributed by atoms with E-state index in [2.05, 4.69) is 5.32 Å². The van der Waals surface area contributed by atoms with E-state index in [0.29, 0.717) is 11.6 Å². The molecule has 1 saturated carbocycles. The fraction of sp³-hybridized carbons (Fsp3) is 0.440. The van der Waals surface area contributed by atoms with Gasteiger partial charge in [-0.05, 0) is 55.2 Å². The molecular weight excluding hydrogens is 412 g/mol. The van der Waals surface area contributed by atoms with E-state index in [0.717, 1.165) is 42.6 Å². The molecule has 0 spiro atoms. The van der Waals surface area contributed by atoms with Gasteiger partial charge in [-0.2, -0.15) is 0 Å². The van der Waals surface area contributed by atoms with Crippen molar-refractivity contribution >= 4 is 23.4 Å². The van der Waals surface area contributed by atoms with Crippen LogP contribution in [-0.2, 0) is 22.6 Å². The van der Waals surface area contributed by atoms with Crippen LogP contribution in [0.2, 0.25) is 5.02 Å². The first-order chi connectivity index (χ1) is 15.0. The van der Waals surface area contributed by atoms with E-state index in [1.807, 2.05) is 36.4 Å². The minimum Gasteiger partial charge on any atom is -0.497 e. The summed E-state index contributed by atoms with van der Waals surface area (Å²) in [5, 5.41) is 3.79. The second kappa shape index (κ2) is 11.2. The van der Waals surface area contributed by atoms with Crippen LogP contribution in [0.5, 0.6) is 5.75 Å². The molecule has 1 fully saturated rings. The maximum absolute atomic E-state index is 13.3. The van der Waals surface area contributed by atoms with Crippen LogP contribution in [-0.4, -0.2) is 35.9 Å². The van der Waals surface area contributed by atoms with Crippen molar-refractivity contribution in [2.24, 2.45) is 0 Å². The summed E-state index contributed by atoms with van der Waals surface area (Å²) in [7, 11) is 1.61. The van der Waals surface area contributed by atoms with Crippen LogP contribution in [0, 0.1) is 0 Å². The van der Waals surface area contributed by atoms with Crippen LogP contribution < -0.4 is 10.1 Å². The number of rotatable bonds is 8. The van der Waals surface area contributed by atoms with Gasteiger partial charge in [0, 0.05) is 17.6 Å². The van der Waals surface area contributed by atoms with Crippen LogP contribution in [0.4, 0.5) is 0 Å². The number of hydrogen-bond acceptors (Lipinski definition) is 3. The van der Waals surface area contributed by atoms with Crippen molar-refractivity contribution in [2.75, 3.05) is 7.11 Å². The summed E-state index contributed by atoms with van der Waals surface area (Å²) in [5.74, 6) is 0.526. The first-order valence-electron chi connectivity index (χ1n) is 10.9. The minimum atomic E-state index is -0.576. The van der Waals surface area contributed by atoms with Gasteiger partial charge in [0.05, 0.1) is 13.5 Å². The van der Waals surface area contributed by atoms with E-state index >= 15 is 0 Å². The van der Waals surface area contributed by atoms with E-state index < -0.39 is 6.04 Å². The number of carbonyl (C=O) groups excluding carboxylic acids is 2. The minimum absolute atomic E-state index is 0.0979. The van der Waals surface area contributed by atoms with Gasteiger partial charge in [-0.1, -0.05) is 55.1 Å². The summed E-state index contributed by atoms with van der Waals surface area (Å²) < 4.78 is 5.32. The summed E-state index contributed by atoms with van der Waals surface area (Å²) in [4.78, 5) is 28.0. The van der Waals surface area contributed by atoms with Crippen molar-refractivity contribution in [2.45, 2.75) is 64.1 Å². The molecule has 5 nitrogen and oxygen atoms in total. The van der Waals surface area contributed by atoms with Gasteiger partial charge in [0.2, 0.25) is 11.8 Å². The number of benzene rings is 2. The van der Waals surface area contributed by atoms with Crippen LogP contribution in [0.15, 0.2) is 48.5 Å². The molecule has 1 aliphatic rings. The number of halogens is 1. The number of nitrogens with zero attached hydrogens (tertiary/aromatic N) is 1. The Labute approximate surface area is 189 Å². The number of amides is 2. The topological polar surface area (TPSA) is 58.6 Å². The molecule has 0 bridgehead atoms. The normalized spacial score (nSPS) is 15.2. The smallest absolute Gasteiger partial charge is 0.242 e. The third-order valence-corrected chi connectivity index (χ3v) is 6.13. The lowest BCUT2D eigenvalue weighted by atomic mass is 9.95. The number of methoxy groups -OCH3 is 1. The van der Waals surface area contributed by atoms with E-state index in [-0.39, 0.29) is 24.3 Å². The molecule has 1 N–H and O–H groups in total. The molecule has 0 heterocycles. The van der Waals surface area contributed by atoms with E-state index in [1.165, 1.54) is 6.42 Å². The van der Waals surface area contributed by atoms with Crippen molar-refractivity contribution in [1.82, 2.24) is 10.2 Å². The Morgan fingerprint density at radius 2 is 1.81 bits per heavy atom. The van der Waals surface area contributed by atoms with Crippen molar-refractivity contribution in [3.63, 3.8) is 0 Å². The zero-order valence-corrected chi connectivity index (χ0v) is 19.0. The van der Waals surface area contributed by atoms with Crippen LogP contribution in [0.3, 0.4) is 0 Å². The van der Waals surface area contributed by atoms with Gasteiger partial charge in [0.25, 0.3) is 0 Å². The highest BCUT2D eigenvalue weighted by atomic mass is 35.5. The highest BCUT2D eigenvalue weighted by Crippen LogP contribution is 2.20. The van der Waals surface area contributed by atoms with Crippen LogP contribution in [0.1, 0.15) is 50.2 Å². The molecule has 0 unspecified atom stereocenters. The van der Waals surface area contributed by atoms with E-state index in [4.69, 9.17) is 16.3 Å². The number of hydrogen-bond donors (Lipinski definition) is 1. The average molecular weight is 443 g/mol. The van der Waals surface area contributed by atoms with Gasteiger partial charge in [0.15, 0.2) is 0 Å². The maximum Gasteiger partial charge on any atom is 0.242 e. The summed E-state index contributed by atoms with van der Waals surface area (Å²) in [6.45, 7) is 2.14. The monoisotopic (exact) mass is 442 g/mol. The lowest BCUT2D eigenvalue weighted by Gasteiger charge is -2.31. The first-order valence-corrected chi connectivity index (χ1v) is 11.3. The Hall–Kier alpha value is -2.53. The molecule has 1 aliphatic carbocycles. The Bertz CT molecular complexity index is 879. The standard InChI is InChI=1S/C25H31ClN2O3/c1-18(25(30)27-22-8-4-3-5-9-22)28(17-20-7-6-10-23(15-20)31-2)24(29)16-19-11-13-21(26)14-12-19/h6-7,10-15,18,22H,3-5,8-9,16-17H2,1-2H3,(H,27,30)/t18-/m1/s1. The molecule has 0 aromatic heterocycles. The molecule has 2 amide bonds. The van der Waals surface area contributed by atoms with Gasteiger partial charge in [0.1, 0.15) is 11.8 Å². The third-order valence-electron chi connectivity index (χ3n) is 5.87. The maximum atomic E-state index is 13.3. The molecule has 31 heavy (non-hydrogen) atoms. The van der Waals surface area contributed by atoms with Gasteiger partial charge >= 0.3 is 0 Å². The van der Waals surface area contributed by atoms with Crippen LogP contribution in [0.25, 0.3) is 0 Å². The van der Waals surface area contributed by atoms with Gasteiger partial charge < -0.3 is 15.0 Å². The predicted molar refractivity (Wildman–Crippen MR) is 123 cm³/mol. The van der Waals surface area contributed by atoms with Crippen molar-refractivity contribution < 1.29 is 14.3 Å². The van der Waals surface area contributed by atoms with E-state index in [9.17, 15) is 9.59 Å². The number of carbonyl (C=O) groups is 2. The summed E-state index contributed by atoms with van der Waals surface area (Å²) in [5.41, 5.74) is 1.78. The highest BCUT2D eigenvalue weighted by molar-refractivity contribution is 6.30. The van der Waals surface area contributed by atoms with E-state index in [1.54, 1.807) is 31.1 Å². The zero-order valence-electron chi connectivity index (χ0n) is 18.3. The summed E-state index contributed by atoms with van der Waals surface area (Å²) >= 11 is 5.97. The molecule has 2 aromatic rings. The lowest BCUT2D eigenvalue weighted by Crippen LogP contribution is -2.50. The Morgan fingerprint density at radius 3 is 2.48 bits per heavy atom. The van der Waals surface area contributed by atoms with Gasteiger partial charge in [-0.3, -0.25) is 9.59 Å². The second-order valence-electron chi connectivity index (χ2n) is 8.20. The lowest BCUT2D eigenvalue weighted by molar-refractivity contribution is -0.140. The molecule has 3 rings (SSSR count). The average Bonchev–Trinajstić information content (AvgIpc) is 2.79. The molecule has 1 atom stereocenters. The predicted octanol–water partition coefficient (Wildman–Crippen LogP) is 4.76. The third kappa shape index (κ3) is 6.73. The molecular formula is C25H31ClN2O3. The quantitative estimate of drug-likeness (QED) is 0.641. The molecule has 2 aromatic carbocycles. The Morgan fingerprint density at radius 1 is 1.10 bits per heavy atom. The fourth-order valence-electron chi connectivity index (χ4n) is 4.00. The summed E-state index contributed by atoms with van der Waals surface area (Å²) in [6.07, 6.45) is 5.73. The van der Waals surface area contributed by atoms with Crippen molar-refractivity contribution in [3.8, 4) is 5.75 Å². The Balaban J connectivity index is 1.76. The molecule has 0 aliphatic heterocycles. The largest absolute Gasteiger partial charge is 0.497 e. The van der Waals surface area contributed by atoms with Crippen molar-refractivity contribution in [1.29, 1.82) is 0 Å². The number of ether oxygens (including phenoxy) is 1. The van der Waals surface area contributed by atoms with Crippen LogP contribution >= 0.6 is 11.6 Å². The van der Waals surface area contributed by atoms with Crippen molar-refractivity contribution in [3.05, 3.63) is 64.7 Å². The fourth-order valence-corrected chi connectivity index (χ4v) is 4.12. The summed E-state index contributed by atoms with van der Waals surface area (Å²) in [6, 6.07) is 14.5.